The maximum Gasteiger partial charge on any atom is 0.133 e. The summed E-state index contributed by atoms with van der Waals surface area (Å²) < 4.78 is 6.19. The van der Waals surface area contributed by atoms with Crippen LogP contribution in [0.5, 0.6) is 5.75 Å². The average molecular weight is 292 g/mol. The molecular formula is C12H16BrClO. The van der Waals surface area contributed by atoms with Crippen molar-refractivity contribution < 1.29 is 4.74 Å². The largest absolute Gasteiger partial charge is 0.496 e. The Morgan fingerprint density at radius 3 is 2.73 bits per heavy atom. The number of hydrogen-bond donors (Lipinski definition) is 0. The summed E-state index contributed by atoms with van der Waals surface area (Å²) in [5.41, 5.74) is 1.32. The Bertz CT molecular complexity index is 314. The third-order valence-electron chi connectivity index (χ3n) is 2.41. The van der Waals surface area contributed by atoms with Crippen LogP contribution < -0.4 is 4.74 Å². The van der Waals surface area contributed by atoms with Gasteiger partial charge in [0.2, 0.25) is 0 Å². The molecule has 1 unspecified atom stereocenters. The number of alkyl halides is 1. The molecule has 0 heterocycles. The SMILES string of the molecule is COc1ccc(CCC(C)CCl)cc1Br. The minimum atomic E-state index is 0.576. The molecule has 0 aliphatic carbocycles. The molecule has 15 heavy (non-hydrogen) atoms. The van der Waals surface area contributed by atoms with Crippen molar-refractivity contribution in [2.45, 2.75) is 19.8 Å². The predicted octanol–water partition coefficient (Wildman–Crippen LogP) is 4.27. The number of hydrogen-bond acceptors (Lipinski definition) is 1. The van der Waals surface area contributed by atoms with E-state index in [1.807, 2.05) is 6.07 Å². The summed E-state index contributed by atoms with van der Waals surface area (Å²) >= 11 is 9.25. The van der Waals surface area contributed by atoms with Gasteiger partial charge < -0.3 is 4.74 Å². The number of rotatable bonds is 5. The molecule has 1 nitrogen and oxygen atoms in total. The van der Waals surface area contributed by atoms with E-state index in [0.717, 1.165) is 28.9 Å². The van der Waals surface area contributed by atoms with Gasteiger partial charge in [0, 0.05) is 5.88 Å². The van der Waals surface area contributed by atoms with Gasteiger partial charge in [0.15, 0.2) is 0 Å². The summed E-state index contributed by atoms with van der Waals surface area (Å²) in [7, 11) is 1.68. The lowest BCUT2D eigenvalue weighted by Gasteiger charge is -2.09. The van der Waals surface area contributed by atoms with Crippen molar-refractivity contribution in [2.75, 3.05) is 13.0 Å². The lowest BCUT2D eigenvalue weighted by molar-refractivity contribution is 0.412. The van der Waals surface area contributed by atoms with Gasteiger partial charge in [-0.05, 0) is 52.4 Å². The van der Waals surface area contributed by atoms with Crippen molar-refractivity contribution >= 4 is 27.5 Å². The van der Waals surface area contributed by atoms with Gasteiger partial charge in [-0.15, -0.1) is 11.6 Å². The smallest absolute Gasteiger partial charge is 0.133 e. The normalized spacial score (nSPS) is 12.5. The molecule has 1 rings (SSSR count). The minimum absolute atomic E-state index is 0.576. The van der Waals surface area contributed by atoms with E-state index >= 15 is 0 Å². The van der Waals surface area contributed by atoms with Gasteiger partial charge in [0.25, 0.3) is 0 Å². The van der Waals surface area contributed by atoms with E-state index in [1.165, 1.54) is 5.56 Å². The third kappa shape index (κ3) is 4.04. The quantitative estimate of drug-likeness (QED) is 0.736. The Morgan fingerprint density at radius 2 is 2.20 bits per heavy atom. The number of ether oxygens (including phenoxy) is 1. The average Bonchev–Trinajstić information content (AvgIpc) is 2.26. The highest BCUT2D eigenvalue weighted by atomic mass is 79.9. The predicted molar refractivity (Wildman–Crippen MR) is 68.9 cm³/mol. The van der Waals surface area contributed by atoms with Crippen molar-refractivity contribution in [3.05, 3.63) is 28.2 Å². The monoisotopic (exact) mass is 290 g/mol. The second-order valence-electron chi connectivity index (χ2n) is 3.77. The summed E-state index contributed by atoms with van der Waals surface area (Å²) in [6, 6.07) is 6.20. The topological polar surface area (TPSA) is 9.23 Å². The van der Waals surface area contributed by atoms with E-state index in [9.17, 15) is 0 Å². The highest BCUT2D eigenvalue weighted by Crippen LogP contribution is 2.26. The molecule has 0 N–H and O–H groups in total. The fraction of sp³-hybridized carbons (Fsp3) is 0.500. The Hall–Kier alpha value is -0.210. The van der Waals surface area contributed by atoms with Crippen LogP contribution in [0.2, 0.25) is 0 Å². The van der Waals surface area contributed by atoms with Crippen LogP contribution in [0.25, 0.3) is 0 Å². The Morgan fingerprint density at radius 1 is 1.47 bits per heavy atom. The van der Waals surface area contributed by atoms with E-state index in [2.05, 4.69) is 35.0 Å². The first-order valence-corrected chi connectivity index (χ1v) is 6.38. The highest BCUT2D eigenvalue weighted by molar-refractivity contribution is 9.10. The van der Waals surface area contributed by atoms with Crippen LogP contribution in [-0.2, 0) is 6.42 Å². The Balaban J connectivity index is 2.59. The van der Waals surface area contributed by atoms with Gasteiger partial charge >= 0.3 is 0 Å². The van der Waals surface area contributed by atoms with Gasteiger partial charge in [-0.25, -0.2) is 0 Å². The Labute approximate surface area is 105 Å². The molecule has 1 atom stereocenters. The lowest BCUT2D eigenvalue weighted by Crippen LogP contribution is -1.98. The molecule has 1 aromatic carbocycles. The molecule has 3 heteroatoms. The van der Waals surface area contributed by atoms with Crippen molar-refractivity contribution in [2.24, 2.45) is 5.92 Å². The molecule has 0 aliphatic rings. The standard InChI is InChI=1S/C12H16BrClO/c1-9(8-14)3-4-10-5-6-12(15-2)11(13)7-10/h5-7,9H,3-4,8H2,1-2H3. The van der Waals surface area contributed by atoms with Crippen molar-refractivity contribution in [1.82, 2.24) is 0 Å². The zero-order valence-corrected chi connectivity index (χ0v) is 11.4. The van der Waals surface area contributed by atoms with Gasteiger partial charge in [-0.1, -0.05) is 13.0 Å². The van der Waals surface area contributed by atoms with Crippen LogP contribution in [0.15, 0.2) is 22.7 Å². The van der Waals surface area contributed by atoms with Crippen LogP contribution in [0.1, 0.15) is 18.9 Å². The second-order valence-corrected chi connectivity index (χ2v) is 4.93. The molecular weight excluding hydrogens is 275 g/mol. The second kappa shape index (κ2) is 6.39. The summed E-state index contributed by atoms with van der Waals surface area (Å²) in [6.45, 7) is 2.17. The number of aryl methyl sites for hydroxylation is 1. The lowest BCUT2D eigenvalue weighted by atomic mass is 10.0. The summed E-state index contributed by atoms with van der Waals surface area (Å²) in [5.74, 6) is 2.19. The Kier molecular flexibility index (Phi) is 5.48. The molecule has 0 saturated carbocycles. The number of methoxy groups -OCH3 is 1. The van der Waals surface area contributed by atoms with E-state index in [-0.39, 0.29) is 0 Å². The van der Waals surface area contributed by atoms with Gasteiger partial charge in [0.05, 0.1) is 11.6 Å². The molecule has 84 valence electrons. The highest BCUT2D eigenvalue weighted by Gasteiger charge is 2.04. The van der Waals surface area contributed by atoms with Crippen molar-refractivity contribution in [3.8, 4) is 5.75 Å². The molecule has 1 aromatic rings. The first-order valence-electron chi connectivity index (χ1n) is 5.05. The zero-order valence-electron chi connectivity index (χ0n) is 9.09. The van der Waals surface area contributed by atoms with E-state index in [4.69, 9.17) is 16.3 Å². The molecule has 0 fully saturated rings. The molecule has 0 saturated heterocycles. The van der Waals surface area contributed by atoms with Crippen LogP contribution in [-0.4, -0.2) is 13.0 Å². The van der Waals surface area contributed by atoms with Gasteiger partial charge in [0.1, 0.15) is 5.75 Å². The first kappa shape index (κ1) is 12.9. The summed E-state index contributed by atoms with van der Waals surface area (Å²) in [4.78, 5) is 0. The third-order valence-corrected chi connectivity index (χ3v) is 3.55. The van der Waals surface area contributed by atoms with Crippen LogP contribution >= 0.6 is 27.5 Å². The molecule has 0 amide bonds. The zero-order chi connectivity index (χ0) is 11.3. The number of benzene rings is 1. The van der Waals surface area contributed by atoms with Crippen LogP contribution in [0, 0.1) is 5.92 Å². The van der Waals surface area contributed by atoms with Crippen molar-refractivity contribution in [3.63, 3.8) is 0 Å². The van der Waals surface area contributed by atoms with Crippen LogP contribution in [0.3, 0.4) is 0 Å². The molecule has 0 spiro atoms. The van der Waals surface area contributed by atoms with E-state index < -0.39 is 0 Å². The molecule has 0 bridgehead atoms. The van der Waals surface area contributed by atoms with Gasteiger partial charge in [-0.2, -0.15) is 0 Å². The fourth-order valence-electron chi connectivity index (χ4n) is 1.36. The van der Waals surface area contributed by atoms with Crippen molar-refractivity contribution in [1.29, 1.82) is 0 Å². The maximum absolute atomic E-state index is 5.77. The summed E-state index contributed by atoms with van der Waals surface area (Å²) in [5, 5.41) is 0. The van der Waals surface area contributed by atoms with E-state index in [0.29, 0.717) is 5.92 Å². The first-order chi connectivity index (χ1) is 7.17. The minimum Gasteiger partial charge on any atom is -0.496 e. The van der Waals surface area contributed by atoms with E-state index in [1.54, 1.807) is 7.11 Å². The van der Waals surface area contributed by atoms with Gasteiger partial charge in [-0.3, -0.25) is 0 Å². The molecule has 0 aliphatic heterocycles. The maximum atomic E-state index is 5.77. The molecule has 0 aromatic heterocycles. The fourth-order valence-corrected chi connectivity index (χ4v) is 2.10. The summed E-state index contributed by atoms with van der Waals surface area (Å²) in [6.07, 6.45) is 2.19. The van der Waals surface area contributed by atoms with Crippen LogP contribution in [0.4, 0.5) is 0 Å². The number of halogens is 2. The molecule has 0 radical (unpaired) electrons.